The largest absolute Gasteiger partial charge is 0.374 e. The fourth-order valence-electron chi connectivity index (χ4n) is 3.60. The third-order valence-corrected chi connectivity index (χ3v) is 5.21. The minimum Gasteiger partial charge on any atom is -0.374 e. The van der Waals surface area contributed by atoms with E-state index < -0.39 is 0 Å². The summed E-state index contributed by atoms with van der Waals surface area (Å²) in [6.45, 7) is 7.01. The average molecular weight is 272 g/mol. The minimum atomic E-state index is 0.566. The fourth-order valence-corrected chi connectivity index (χ4v) is 3.60. The Morgan fingerprint density at radius 1 is 1.25 bits per heavy atom. The van der Waals surface area contributed by atoms with Crippen LogP contribution in [0, 0.1) is 5.41 Å². The predicted molar refractivity (Wildman–Crippen MR) is 86.3 cm³/mol. The Balaban J connectivity index is 1.55. The van der Waals surface area contributed by atoms with Crippen LogP contribution in [0.2, 0.25) is 0 Å². The Bertz CT molecular complexity index is 468. The van der Waals surface area contributed by atoms with Crippen LogP contribution in [-0.2, 0) is 13.0 Å². The van der Waals surface area contributed by atoms with Gasteiger partial charge in [-0.3, -0.25) is 0 Å². The van der Waals surface area contributed by atoms with Gasteiger partial charge in [-0.05, 0) is 54.7 Å². The molecule has 1 aliphatic carbocycles. The van der Waals surface area contributed by atoms with Gasteiger partial charge >= 0.3 is 0 Å². The topological polar surface area (TPSA) is 15.3 Å². The summed E-state index contributed by atoms with van der Waals surface area (Å²) in [4.78, 5) is 2.36. The number of likely N-dealkylation sites (N-methyl/N-ethyl adjacent to an activating group) is 1. The highest BCUT2D eigenvalue weighted by molar-refractivity contribution is 5.58. The molecule has 1 saturated carbocycles. The van der Waals surface area contributed by atoms with Crippen molar-refractivity contribution >= 4 is 5.69 Å². The summed E-state index contributed by atoms with van der Waals surface area (Å²) in [7, 11) is 2.19. The monoisotopic (exact) mass is 272 g/mol. The second-order valence-electron chi connectivity index (χ2n) is 7.45. The van der Waals surface area contributed by atoms with Gasteiger partial charge < -0.3 is 10.2 Å². The van der Waals surface area contributed by atoms with Crippen LogP contribution in [-0.4, -0.2) is 19.6 Å². The smallest absolute Gasteiger partial charge is 0.0397 e. The van der Waals surface area contributed by atoms with Gasteiger partial charge in [0.25, 0.3) is 0 Å². The van der Waals surface area contributed by atoms with Crippen LogP contribution < -0.4 is 10.2 Å². The van der Waals surface area contributed by atoms with E-state index >= 15 is 0 Å². The van der Waals surface area contributed by atoms with Gasteiger partial charge in [0.1, 0.15) is 0 Å². The summed E-state index contributed by atoms with van der Waals surface area (Å²) in [6, 6.07) is 7.71. The fraction of sp³-hybridized carbons (Fsp3) is 0.667. The lowest BCUT2D eigenvalue weighted by atomic mass is 9.75. The molecule has 1 fully saturated rings. The second kappa shape index (κ2) is 5.40. The highest BCUT2D eigenvalue weighted by Gasteiger charge is 2.26. The van der Waals surface area contributed by atoms with Crippen LogP contribution >= 0.6 is 0 Å². The van der Waals surface area contributed by atoms with E-state index in [1.54, 1.807) is 0 Å². The van der Waals surface area contributed by atoms with Crippen molar-refractivity contribution in [3.63, 3.8) is 0 Å². The Morgan fingerprint density at radius 3 is 2.75 bits per heavy atom. The lowest BCUT2D eigenvalue weighted by Gasteiger charge is -2.34. The van der Waals surface area contributed by atoms with Gasteiger partial charge in [-0.2, -0.15) is 0 Å². The van der Waals surface area contributed by atoms with Crippen molar-refractivity contribution in [3.8, 4) is 0 Å². The zero-order valence-electron chi connectivity index (χ0n) is 13.2. The molecule has 110 valence electrons. The molecule has 3 rings (SSSR count). The zero-order valence-corrected chi connectivity index (χ0v) is 13.2. The van der Waals surface area contributed by atoms with Crippen molar-refractivity contribution in [1.29, 1.82) is 0 Å². The molecule has 20 heavy (non-hydrogen) atoms. The van der Waals surface area contributed by atoms with Crippen LogP contribution in [0.5, 0.6) is 0 Å². The molecule has 2 nitrogen and oxygen atoms in total. The molecule has 0 aromatic heterocycles. The van der Waals surface area contributed by atoms with E-state index in [0.29, 0.717) is 5.41 Å². The number of fused-ring (bicyclic) bond motifs is 1. The lowest BCUT2D eigenvalue weighted by molar-refractivity contribution is 0.206. The third kappa shape index (κ3) is 3.01. The minimum absolute atomic E-state index is 0.566. The third-order valence-electron chi connectivity index (χ3n) is 5.21. The summed E-state index contributed by atoms with van der Waals surface area (Å²) in [6.07, 6.45) is 6.60. The molecule has 0 amide bonds. The van der Waals surface area contributed by atoms with E-state index in [2.05, 4.69) is 49.3 Å². The van der Waals surface area contributed by atoms with Gasteiger partial charge in [0.05, 0.1) is 0 Å². The van der Waals surface area contributed by atoms with E-state index in [-0.39, 0.29) is 0 Å². The number of hydrogen-bond acceptors (Lipinski definition) is 2. The summed E-state index contributed by atoms with van der Waals surface area (Å²) < 4.78 is 0. The number of rotatable bonds is 3. The van der Waals surface area contributed by atoms with E-state index in [1.165, 1.54) is 55.5 Å². The van der Waals surface area contributed by atoms with Gasteiger partial charge in [-0.25, -0.2) is 0 Å². The van der Waals surface area contributed by atoms with Crippen molar-refractivity contribution < 1.29 is 0 Å². The molecule has 1 heterocycles. The first-order chi connectivity index (χ1) is 9.53. The Kier molecular flexibility index (Phi) is 3.76. The number of anilines is 1. The molecular weight excluding hydrogens is 244 g/mol. The second-order valence-corrected chi connectivity index (χ2v) is 7.45. The molecular formula is C18H28N2. The summed E-state index contributed by atoms with van der Waals surface area (Å²) >= 11 is 0. The van der Waals surface area contributed by atoms with Crippen LogP contribution in [0.3, 0.4) is 0 Å². The van der Waals surface area contributed by atoms with E-state index in [4.69, 9.17) is 0 Å². The van der Waals surface area contributed by atoms with Gasteiger partial charge in [0.15, 0.2) is 0 Å². The molecule has 0 bridgehead atoms. The summed E-state index contributed by atoms with van der Waals surface area (Å²) in [5.41, 5.74) is 4.96. The number of hydrogen-bond donors (Lipinski definition) is 1. The molecule has 1 aliphatic heterocycles. The number of nitrogens with zero attached hydrogens (tertiary/aromatic N) is 1. The highest BCUT2D eigenvalue weighted by atomic mass is 15.1. The Morgan fingerprint density at radius 2 is 2.00 bits per heavy atom. The normalized spacial score (nSPS) is 22.1. The van der Waals surface area contributed by atoms with Gasteiger partial charge in [-0.1, -0.05) is 26.0 Å². The molecule has 2 aliphatic rings. The predicted octanol–water partition coefficient (Wildman–Crippen LogP) is 3.74. The average Bonchev–Trinajstić information content (AvgIpc) is 2.79. The zero-order chi connectivity index (χ0) is 14.2. The molecule has 0 atom stereocenters. The quantitative estimate of drug-likeness (QED) is 0.902. The van der Waals surface area contributed by atoms with Gasteiger partial charge in [0.2, 0.25) is 0 Å². The molecule has 1 aromatic rings. The standard InChI is InChI=1S/C18H28N2/c1-18(2)9-6-16(7-10-18)19-13-14-4-5-17-15(12-14)8-11-20(17)3/h4-5,12,16,19H,6-11,13H2,1-3H3. The van der Waals surface area contributed by atoms with E-state index in [9.17, 15) is 0 Å². The Labute approximate surface area is 123 Å². The van der Waals surface area contributed by atoms with Crippen molar-refractivity contribution in [2.24, 2.45) is 5.41 Å². The van der Waals surface area contributed by atoms with Crippen molar-refractivity contribution in [2.45, 2.75) is 58.5 Å². The first kappa shape index (κ1) is 13.9. The summed E-state index contributed by atoms with van der Waals surface area (Å²) in [5, 5.41) is 3.76. The SMILES string of the molecule is CN1CCc2cc(CNC3CCC(C)(C)CC3)ccc21. The van der Waals surface area contributed by atoms with E-state index in [1.807, 2.05) is 0 Å². The number of nitrogens with one attached hydrogen (secondary N) is 1. The molecule has 2 heteroatoms. The molecule has 0 unspecified atom stereocenters. The molecule has 1 N–H and O–H groups in total. The summed E-state index contributed by atoms with van der Waals surface area (Å²) in [5.74, 6) is 0. The first-order valence-corrected chi connectivity index (χ1v) is 8.10. The van der Waals surface area contributed by atoms with Gasteiger partial charge in [0, 0.05) is 31.9 Å². The van der Waals surface area contributed by atoms with Crippen LogP contribution in [0.4, 0.5) is 5.69 Å². The molecule has 0 saturated heterocycles. The van der Waals surface area contributed by atoms with Gasteiger partial charge in [-0.15, -0.1) is 0 Å². The Hall–Kier alpha value is -1.02. The van der Waals surface area contributed by atoms with Crippen molar-refractivity contribution in [3.05, 3.63) is 29.3 Å². The molecule has 1 aromatic carbocycles. The van der Waals surface area contributed by atoms with Crippen LogP contribution in [0.1, 0.15) is 50.7 Å². The van der Waals surface area contributed by atoms with Crippen LogP contribution in [0.25, 0.3) is 0 Å². The number of benzene rings is 1. The molecule has 0 radical (unpaired) electrons. The van der Waals surface area contributed by atoms with E-state index in [0.717, 1.165) is 12.6 Å². The highest BCUT2D eigenvalue weighted by Crippen LogP contribution is 2.35. The maximum absolute atomic E-state index is 3.76. The van der Waals surface area contributed by atoms with Crippen molar-refractivity contribution in [1.82, 2.24) is 5.32 Å². The lowest BCUT2D eigenvalue weighted by Crippen LogP contribution is -2.35. The maximum atomic E-state index is 3.76. The van der Waals surface area contributed by atoms with Crippen molar-refractivity contribution in [2.75, 3.05) is 18.5 Å². The maximum Gasteiger partial charge on any atom is 0.0397 e. The molecule has 0 spiro atoms. The first-order valence-electron chi connectivity index (χ1n) is 8.10. The van der Waals surface area contributed by atoms with Crippen LogP contribution in [0.15, 0.2) is 18.2 Å².